The fourth-order valence-corrected chi connectivity index (χ4v) is 3.37. The first-order valence-corrected chi connectivity index (χ1v) is 7.27. The summed E-state index contributed by atoms with van der Waals surface area (Å²) in [4.78, 5) is 6.86. The van der Waals surface area contributed by atoms with Crippen LogP contribution in [-0.4, -0.2) is 18.1 Å². The highest BCUT2D eigenvalue weighted by Gasteiger charge is 2.31. The number of aryl methyl sites for hydroxylation is 1. The third-order valence-corrected chi connectivity index (χ3v) is 4.87. The second-order valence-corrected chi connectivity index (χ2v) is 6.54. The lowest BCUT2D eigenvalue weighted by Gasteiger charge is -2.28. The molecule has 1 atom stereocenters. The standard InChI is InChI=1S/C14H19N3S/c1-8(10-4-5-10)17(3)13-7-12-14(6-11(13)15)18-9(2)16-12/h6-8,10H,4-5,15H2,1-3H3. The van der Waals surface area contributed by atoms with E-state index < -0.39 is 0 Å². The topological polar surface area (TPSA) is 42.2 Å². The average molecular weight is 261 g/mol. The van der Waals surface area contributed by atoms with Gasteiger partial charge >= 0.3 is 0 Å². The zero-order valence-electron chi connectivity index (χ0n) is 11.1. The fraction of sp³-hybridized carbons (Fsp3) is 0.500. The smallest absolute Gasteiger partial charge is 0.0907 e. The summed E-state index contributed by atoms with van der Waals surface area (Å²) >= 11 is 1.70. The van der Waals surface area contributed by atoms with Crippen molar-refractivity contribution >= 4 is 32.9 Å². The van der Waals surface area contributed by atoms with E-state index in [0.717, 1.165) is 27.8 Å². The van der Waals surface area contributed by atoms with Crippen molar-refractivity contribution in [3.63, 3.8) is 0 Å². The Kier molecular flexibility index (Phi) is 2.70. The number of benzene rings is 1. The predicted molar refractivity (Wildman–Crippen MR) is 79.4 cm³/mol. The van der Waals surface area contributed by atoms with Crippen LogP contribution in [0, 0.1) is 12.8 Å². The second-order valence-electron chi connectivity index (χ2n) is 5.30. The third kappa shape index (κ3) is 1.94. The van der Waals surface area contributed by atoms with E-state index in [1.165, 1.54) is 17.5 Å². The number of hydrogen-bond acceptors (Lipinski definition) is 4. The Hall–Kier alpha value is -1.29. The molecule has 0 radical (unpaired) electrons. The van der Waals surface area contributed by atoms with Crippen LogP contribution in [0.5, 0.6) is 0 Å². The van der Waals surface area contributed by atoms with Gasteiger partial charge in [0.15, 0.2) is 0 Å². The van der Waals surface area contributed by atoms with E-state index in [2.05, 4.69) is 36.0 Å². The van der Waals surface area contributed by atoms with Gasteiger partial charge in [-0.3, -0.25) is 0 Å². The molecule has 0 aliphatic heterocycles. The SMILES string of the molecule is Cc1nc2cc(N(C)C(C)C3CC3)c(N)cc2s1. The highest BCUT2D eigenvalue weighted by Crippen LogP contribution is 2.39. The van der Waals surface area contributed by atoms with Crippen LogP contribution < -0.4 is 10.6 Å². The molecule has 3 rings (SSSR count). The summed E-state index contributed by atoms with van der Waals surface area (Å²) in [5.74, 6) is 0.835. The largest absolute Gasteiger partial charge is 0.397 e. The minimum absolute atomic E-state index is 0.560. The van der Waals surface area contributed by atoms with Crippen LogP contribution in [0.1, 0.15) is 24.8 Å². The molecule has 0 bridgehead atoms. The van der Waals surface area contributed by atoms with Crippen LogP contribution in [0.15, 0.2) is 12.1 Å². The lowest BCUT2D eigenvalue weighted by molar-refractivity contribution is 0.610. The Morgan fingerprint density at radius 3 is 2.83 bits per heavy atom. The van der Waals surface area contributed by atoms with Crippen LogP contribution in [0.4, 0.5) is 11.4 Å². The lowest BCUT2D eigenvalue weighted by atomic mass is 10.1. The fourth-order valence-electron chi connectivity index (χ4n) is 2.51. The van der Waals surface area contributed by atoms with E-state index in [0.29, 0.717) is 6.04 Å². The quantitative estimate of drug-likeness (QED) is 0.861. The minimum Gasteiger partial charge on any atom is -0.397 e. The van der Waals surface area contributed by atoms with E-state index in [1.54, 1.807) is 11.3 Å². The van der Waals surface area contributed by atoms with Crippen LogP contribution in [-0.2, 0) is 0 Å². The Morgan fingerprint density at radius 2 is 2.17 bits per heavy atom. The zero-order chi connectivity index (χ0) is 12.9. The molecular weight excluding hydrogens is 242 g/mol. The summed E-state index contributed by atoms with van der Waals surface area (Å²) in [5, 5.41) is 1.10. The molecule has 1 saturated carbocycles. The van der Waals surface area contributed by atoms with Crippen molar-refractivity contribution in [3.05, 3.63) is 17.1 Å². The molecule has 1 aromatic heterocycles. The van der Waals surface area contributed by atoms with Gasteiger partial charge in [0.25, 0.3) is 0 Å². The molecule has 1 aliphatic rings. The van der Waals surface area contributed by atoms with Gasteiger partial charge in [0.2, 0.25) is 0 Å². The summed E-state index contributed by atoms with van der Waals surface area (Å²) in [7, 11) is 2.14. The van der Waals surface area contributed by atoms with Crippen molar-refractivity contribution in [2.75, 3.05) is 17.7 Å². The first-order chi connectivity index (χ1) is 8.56. The van der Waals surface area contributed by atoms with Crippen LogP contribution in [0.3, 0.4) is 0 Å². The number of nitrogen functional groups attached to an aromatic ring is 1. The molecule has 2 aromatic rings. The number of fused-ring (bicyclic) bond motifs is 1. The van der Waals surface area contributed by atoms with E-state index in [4.69, 9.17) is 5.73 Å². The summed E-state index contributed by atoms with van der Waals surface area (Å²) in [6.45, 7) is 4.32. The van der Waals surface area contributed by atoms with Gasteiger partial charge in [0.1, 0.15) is 0 Å². The van der Waals surface area contributed by atoms with Gasteiger partial charge in [-0.2, -0.15) is 0 Å². The van der Waals surface area contributed by atoms with E-state index >= 15 is 0 Å². The number of anilines is 2. The summed E-state index contributed by atoms with van der Waals surface area (Å²) in [6.07, 6.45) is 2.70. The Labute approximate surface area is 112 Å². The highest BCUT2D eigenvalue weighted by atomic mass is 32.1. The van der Waals surface area contributed by atoms with E-state index in [9.17, 15) is 0 Å². The van der Waals surface area contributed by atoms with Gasteiger partial charge in [-0.05, 0) is 44.7 Å². The number of thiazole rings is 1. The van der Waals surface area contributed by atoms with Crippen molar-refractivity contribution in [1.82, 2.24) is 4.98 Å². The molecule has 2 N–H and O–H groups in total. The number of hydrogen-bond donors (Lipinski definition) is 1. The molecule has 4 heteroatoms. The zero-order valence-corrected chi connectivity index (χ0v) is 11.9. The Bertz CT molecular complexity index is 586. The number of rotatable bonds is 3. The Balaban J connectivity index is 2.01. The average Bonchev–Trinajstić information content (AvgIpc) is 3.09. The monoisotopic (exact) mass is 261 g/mol. The van der Waals surface area contributed by atoms with Gasteiger partial charge in [0, 0.05) is 13.1 Å². The molecule has 1 unspecified atom stereocenters. The van der Waals surface area contributed by atoms with Gasteiger partial charge in [-0.1, -0.05) is 0 Å². The van der Waals surface area contributed by atoms with Crippen molar-refractivity contribution in [3.8, 4) is 0 Å². The van der Waals surface area contributed by atoms with Gasteiger partial charge in [-0.25, -0.2) is 4.98 Å². The first-order valence-electron chi connectivity index (χ1n) is 6.46. The molecule has 1 aliphatic carbocycles. The molecule has 0 saturated heterocycles. The van der Waals surface area contributed by atoms with Crippen molar-refractivity contribution in [2.45, 2.75) is 32.7 Å². The van der Waals surface area contributed by atoms with Crippen LogP contribution in [0.2, 0.25) is 0 Å². The van der Waals surface area contributed by atoms with Crippen molar-refractivity contribution < 1.29 is 0 Å². The van der Waals surface area contributed by atoms with Crippen LogP contribution in [0.25, 0.3) is 10.2 Å². The van der Waals surface area contributed by atoms with Crippen molar-refractivity contribution in [1.29, 1.82) is 0 Å². The van der Waals surface area contributed by atoms with Gasteiger partial charge in [-0.15, -0.1) is 11.3 Å². The normalized spacial score (nSPS) is 17.1. The molecule has 1 fully saturated rings. The summed E-state index contributed by atoms with van der Waals surface area (Å²) in [5.41, 5.74) is 9.24. The first kappa shape index (κ1) is 11.8. The number of nitrogens with zero attached hydrogens (tertiary/aromatic N) is 2. The summed E-state index contributed by atoms with van der Waals surface area (Å²) < 4.78 is 1.18. The molecule has 1 aromatic carbocycles. The predicted octanol–water partition coefficient (Wildman–Crippen LogP) is 3.42. The lowest BCUT2D eigenvalue weighted by Crippen LogP contribution is -2.31. The maximum Gasteiger partial charge on any atom is 0.0907 e. The molecule has 18 heavy (non-hydrogen) atoms. The molecular formula is C14H19N3S. The molecule has 0 amide bonds. The van der Waals surface area contributed by atoms with Gasteiger partial charge < -0.3 is 10.6 Å². The van der Waals surface area contributed by atoms with E-state index in [1.807, 2.05) is 6.92 Å². The van der Waals surface area contributed by atoms with Gasteiger partial charge in [0.05, 0.1) is 26.6 Å². The molecule has 1 heterocycles. The highest BCUT2D eigenvalue weighted by molar-refractivity contribution is 7.18. The Morgan fingerprint density at radius 1 is 1.44 bits per heavy atom. The molecule has 3 nitrogen and oxygen atoms in total. The molecule has 96 valence electrons. The van der Waals surface area contributed by atoms with Crippen LogP contribution >= 0.6 is 11.3 Å². The third-order valence-electron chi connectivity index (χ3n) is 3.94. The van der Waals surface area contributed by atoms with Crippen molar-refractivity contribution in [2.24, 2.45) is 5.92 Å². The maximum atomic E-state index is 6.19. The minimum atomic E-state index is 0.560. The molecule has 0 spiro atoms. The second kappa shape index (κ2) is 4.12. The maximum absolute atomic E-state index is 6.19. The number of nitrogens with two attached hydrogens (primary N) is 1. The number of aromatic nitrogens is 1. The van der Waals surface area contributed by atoms with E-state index in [-0.39, 0.29) is 0 Å². The summed E-state index contributed by atoms with van der Waals surface area (Å²) in [6, 6.07) is 4.75.